The number of hydrogen-bond acceptors (Lipinski definition) is 6. The topological polar surface area (TPSA) is 91.2 Å². The first-order valence-electron chi connectivity index (χ1n) is 9.69. The second-order valence-corrected chi connectivity index (χ2v) is 7.32. The highest BCUT2D eigenvalue weighted by molar-refractivity contribution is 6.04. The first-order chi connectivity index (χ1) is 14.1. The smallest absolute Gasteiger partial charge is 0.294 e. The molecule has 4 rings (SSSR count). The number of H-pyrrole nitrogens is 1. The van der Waals surface area contributed by atoms with E-state index in [-0.39, 0.29) is 29.3 Å². The second kappa shape index (κ2) is 8.52. The van der Waals surface area contributed by atoms with Crippen LogP contribution in [0.4, 0.5) is 10.1 Å². The number of halogens is 1. The maximum absolute atomic E-state index is 14.6. The highest BCUT2D eigenvalue weighted by atomic mass is 19.1. The van der Waals surface area contributed by atoms with Crippen LogP contribution in [-0.2, 0) is 6.42 Å². The molecule has 1 fully saturated rings. The zero-order valence-electron chi connectivity index (χ0n) is 16.2. The van der Waals surface area contributed by atoms with Crippen molar-refractivity contribution < 1.29 is 13.6 Å². The lowest BCUT2D eigenvalue weighted by molar-refractivity contribution is 0.0905. The third-order valence-corrected chi connectivity index (χ3v) is 5.38. The Bertz CT molecular complexity index is 930. The Labute approximate surface area is 167 Å². The number of hydrogen-bond donors (Lipinski definition) is 1. The highest BCUT2D eigenvalue weighted by Crippen LogP contribution is 2.30. The fourth-order valence-corrected chi connectivity index (χ4v) is 3.96. The van der Waals surface area contributed by atoms with Crippen LogP contribution in [0.3, 0.4) is 0 Å². The minimum Gasteiger partial charge on any atom is -0.459 e. The molecule has 1 aliphatic heterocycles. The van der Waals surface area contributed by atoms with E-state index in [9.17, 15) is 9.18 Å². The third kappa shape index (κ3) is 4.19. The monoisotopic (exact) mass is 398 g/mol. The SMILES string of the molecule is C[C@H]1CN(CCc2nn[nH]n2)CC[C@H]1N(C(=O)c1ccco1)c1ccccc1F. The number of likely N-dealkylation sites (tertiary alicyclic amines) is 1. The number of tetrazole rings is 1. The lowest BCUT2D eigenvalue weighted by Crippen LogP contribution is -2.53. The molecule has 2 atom stereocenters. The lowest BCUT2D eigenvalue weighted by Gasteiger charge is -2.42. The summed E-state index contributed by atoms with van der Waals surface area (Å²) < 4.78 is 19.9. The van der Waals surface area contributed by atoms with Gasteiger partial charge < -0.3 is 9.32 Å². The van der Waals surface area contributed by atoms with Crippen LogP contribution >= 0.6 is 0 Å². The zero-order chi connectivity index (χ0) is 20.2. The molecule has 0 aliphatic carbocycles. The van der Waals surface area contributed by atoms with Gasteiger partial charge in [0.25, 0.3) is 5.91 Å². The molecule has 2 aromatic heterocycles. The molecule has 9 heteroatoms. The van der Waals surface area contributed by atoms with E-state index in [4.69, 9.17) is 4.42 Å². The van der Waals surface area contributed by atoms with Crippen LogP contribution in [0.15, 0.2) is 47.1 Å². The minimum absolute atomic E-state index is 0.133. The van der Waals surface area contributed by atoms with Crippen molar-refractivity contribution in [1.82, 2.24) is 25.5 Å². The average molecular weight is 398 g/mol. The zero-order valence-corrected chi connectivity index (χ0v) is 16.2. The van der Waals surface area contributed by atoms with Crippen molar-refractivity contribution >= 4 is 11.6 Å². The molecule has 0 bridgehead atoms. The second-order valence-electron chi connectivity index (χ2n) is 7.32. The van der Waals surface area contributed by atoms with E-state index in [1.165, 1.54) is 12.3 Å². The number of nitrogens with one attached hydrogen (secondary N) is 1. The number of carbonyl (C=O) groups is 1. The average Bonchev–Trinajstić information content (AvgIpc) is 3.43. The Balaban J connectivity index is 1.52. The molecule has 3 heterocycles. The van der Waals surface area contributed by atoms with E-state index in [0.29, 0.717) is 12.2 Å². The van der Waals surface area contributed by atoms with E-state index in [2.05, 4.69) is 32.4 Å². The Morgan fingerprint density at radius 3 is 2.90 bits per heavy atom. The van der Waals surface area contributed by atoms with Crippen molar-refractivity contribution in [3.05, 3.63) is 60.1 Å². The van der Waals surface area contributed by atoms with Gasteiger partial charge in [-0.05, 0) is 36.6 Å². The third-order valence-electron chi connectivity index (χ3n) is 5.38. The quantitative estimate of drug-likeness (QED) is 0.686. The van der Waals surface area contributed by atoms with Crippen molar-refractivity contribution in [2.24, 2.45) is 5.92 Å². The van der Waals surface area contributed by atoms with Gasteiger partial charge in [0.1, 0.15) is 5.82 Å². The summed E-state index contributed by atoms with van der Waals surface area (Å²) in [6, 6.07) is 9.53. The van der Waals surface area contributed by atoms with E-state index in [0.717, 1.165) is 26.1 Å². The number of anilines is 1. The molecular weight excluding hydrogens is 375 g/mol. The molecule has 1 saturated heterocycles. The highest BCUT2D eigenvalue weighted by Gasteiger charge is 2.36. The van der Waals surface area contributed by atoms with Crippen LogP contribution < -0.4 is 4.90 Å². The van der Waals surface area contributed by atoms with Crippen LogP contribution in [0, 0.1) is 11.7 Å². The molecule has 1 aliphatic rings. The number of aromatic amines is 1. The van der Waals surface area contributed by atoms with Crippen molar-refractivity contribution in [2.75, 3.05) is 24.5 Å². The number of nitrogens with zero attached hydrogens (tertiary/aromatic N) is 5. The van der Waals surface area contributed by atoms with Gasteiger partial charge >= 0.3 is 0 Å². The first kappa shape index (κ1) is 19.3. The molecule has 1 aromatic carbocycles. The Hall–Kier alpha value is -3.07. The fourth-order valence-electron chi connectivity index (χ4n) is 3.96. The maximum Gasteiger partial charge on any atom is 0.294 e. The van der Waals surface area contributed by atoms with Crippen molar-refractivity contribution in [3.8, 4) is 0 Å². The number of benzene rings is 1. The number of rotatable bonds is 6. The van der Waals surface area contributed by atoms with Gasteiger partial charge in [0.15, 0.2) is 11.6 Å². The molecule has 0 radical (unpaired) electrons. The van der Waals surface area contributed by atoms with Crippen molar-refractivity contribution in [1.29, 1.82) is 0 Å². The number of furan rings is 1. The largest absolute Gasteiger partial charge is 0.459 e. The molecule has 1 N–H and O–H groups in total. The summed E-state index contributed by atoms with van der Waals surface area (Å²) in [5.41, 5.74) is 0.283. The number of para-hydroxylation sites is 1. The molecule has 1 amide bonds. The lowest BCUT2D eigenvalue weighted by atomic mass is 9.91. The van der Waals surface area contributed by atoms with E-state index >= 15 is 0 Å². The van der Waals surface area contributed by atoms with Crippen molar-refractivity contribution in [2.45, 2.75) is 25.8 Å². The van der Waals surface area contributed by atoms with E-state index in [1.807, 2.05) is 0 Å². The Morgan fingerprint density at radius 2 is 2.21 bits per heavy atom. The van der Waals surface area contributed by atoms with E-state index < -0.39 is 5.82 Å². The molecule has 0 unspecified atom stereocenters. The fraction of sp³-hybridized carbons (Fsp3) is 0.400. The summed E-state index contributed by atoms with van der Waals surface area (Å²) in [5.74, 6) is 0.296. The van der Waals surface area contributed by atoms with Crippen LogP contribution in [-0.4, -0.2) is 57.1 Å². The predicted molar refractivity (Wildman–Crippen MR) is 104 cm³/mol. The van der Waals surface area contributed by atoms with Gasteiger partial charge in [-0.15, -0.1) is 10.2 Å². The summed E-state index contributed by atoms with van der Waals surface area (Å²) in [7, 11) is 0. The first-order valence-corrected chi connectivity index (χ1v) is 9.69. The summed E-state index contributed by atoms with van der Waals surface area (Å²) in [5, 5.41) is 14.0. The van der Waals surface area contributed by atoms with Gasteiger partial charge in [0.05, 0.1) is 12.0 Å². The van der Waals surface area contributed by atoms with Gasteiger partial charge in [0.2, 0.25) is 0 Å². The molecule has 3 aromatic rings. The Morgan fingerprint density at radius 1 is 1.34 bits per heavy atom. The number of carbonyl (C=O) groups excluding carboxylic acids is 1. The Kier molecular flexibility index (Phi) is 5.66. The molecule has 29 heavy (non-hydrogen) atoms. The van der Waals surface area contributed by atoms with Gasteiger partial charge in [-0.2, -0.15) is 5.21 Å². The van der Waals surface area contributed by atoms with E-state index in [1.54, 1.807) is 35.2 Å². The van der Waals surface area contributed by atoms with Crippen LogP contribution in [0.2, 0.25) is 0 Å². The number of amides is 1. The van der Waals surface area contributed by atoms with Crippen LogP contribution in [0.1, 0.15) is 29.7 Å². The van der Waals surface area contributed by atoms with Gasteiger partial charge in [-0.3, -0.25) is 9.69 Å². The molecule has 8 nitrogen and oxygen atoms in total. The molecule has 152 valence electrons. The minimum atomic E-state index is -0.417. The molecular formula is C20H23FN6O2. The molecule has 0 spiro atoms. The maximum atomic E-state index is 14.6. The molecule has 0 saturated carbocycles. The predicted octanol–water partition coefficient (Wildman–Crippen LogP) is 2.53. The van der Waals surface area contributed by atoms with Crippen molar-refractivity contribution in [3.63, 3.8) is 0 Å². The van der Waals surface area contributed by atoms with Crippen LogP contribution in [0.5, 0.6) is 0 Å². The number of piperidine rings is 1. The normalized spacial score (nSPS) is 19.9. The summed E-state index contributed by atoms with van der Waals surface area (Å²) >= 11 is 0. The summed E-state index contributed by atoms with van der Waals surface area (Å²) in [4.78, 5) is 17.1. The van der Waals surface area contributed by atoms with Gasteiger partial charge in [-0.25, -0.2) is 4.39 Å². The van der Waals surface area contributed by atoms with Gasteiger partial charge in [-0.1, -0.05) is 24.3 Å². The standard InChI is InChI=1S/C20H23FN6O2/c1-14-13-26(11-9-19-22-24-25-23-19)10-8-16(14)27(17-6-3-2-5-15(17)21)20(28)18-7-4-12-29-18/h2-7,12,14,16H,8-11,13H2,1H3,(H,22,23,24,25)/t14-,16+/m0/s1. The van der Waals surface area contributed by atoms with Crippen LogP contribution in [0.25, 0.3) is 0 Å². The number of aromatic nitrogens is 4. The van der Waals surface area contributed by atoms with Gasteiger partial charge in [0, 0.05) is 32.1 Å². The summed E-state index contributed by atoms with van der Waals surface area (Å²) in [6.07, 6.45) is 2.89. The summed E-state index contributed by atoms with van der Waals surface area (Å²) in [6.45, 7) is 4.49.